The average Bonchev–Trinajstić information content (AvgIpc) is 3.37. The molecule has 1 aliphatic heterocycles. The summed E-state index contributed by atoms with van der Waals surface area (Å²) in [5, 5.41) is 26.4. The van der Waals surface area contributed by atoms with Crippen molar-refractivity contribution in [1.29, 1.82) is 0 Å². The fraction of sp³-hybridized carbons (Fsp3) is 0.429. The van der Waals surface area contributed by atoms with E-state index in [0.29, 0.717) is 6.54 Å². The molecule has 0 amide bonds. The molecule has 6 nitrogen and oxygen atoms in total. The number of fused-ring (bicyclic) bond motifs is 1. The minimum atomic E-state index is -0.813. The summed E-state index contributed by atoms with van der Waals surface area (Å²) in [5.41, 5.74) is 2.65. The van der Waals surface area contributed by atoms with Crippen molar-refractivity contribution in [2.24, 2.45) is 5.41 Å². The standard InChI is InChI=1S/C21H24N4O2/c1-13-15-7-8-25(20(15)24-12-23-13)17-10-21(19(27)18(17)26)9-16(22-11-21)14-5-3-2-4-6-14/h2-8,12,16-19,22,26-27H,9-11H2,1H3/t16-,17+,18-,19-,21-/m0/s1. The number of aliphatic hydroxyl groups is 2. The van der Waals surface area contributed by atoms with E-state index in [2.05, 4.69) is 27.4 Å². The van der Waals surface area contributed by atoms with Crippen molar-refractivity contribution in [3.63, 3.8) is 0 Å². The number of rotatable bonds is 2. The summed E-state index contributed by atoms with van der Waals surface area (Å²) in [7, 11) is 0. The van der Waals surface area contributed by atoms with E-state index in [4.69, 9.17) is 0 Å². The number of aryl methyl sites for hydroxylation is 1. The molecule has 0 unspecified atom stereocenters. The van der Waals surface area contributed by atoms with Crippen molar-refractivity contribution in [1.82, 2.24) is 19.9 Å². The number of benzene rings is 1. The van der Waals surface area contributed by atoms with Crippen LogP contribution in [0.2, 0.25) is 0 Å². The lowest BCUT2D eigenvalue weighted by atomic mass is 9.80. The lowest BCUT2D eigenvalue weighted by Gasteiger charge is -2.27. The summed E-state index contributed by atoms with van der Waals surface area (Å²) in [5.74, 6) is 0. The van der Waals surface area contributed by atoms with Crippen LogP contribution in [0.25, 0.3) is 11.0 Å². The Bertz CT molecular complexity index is 973. The second-order valence-electron chi connectivity index (χ2n) is 8.04. The Labute approximate surface area is 157 Å². The number of hydrogen-bond donors (Lipinski definition) is 3. The summed E-state index contributed by atoms with van der Waals surface area (Å²) < 4.78 is 2.02. The van der Waals surface area contributed by atoms with E-state index in [1.807, 2.05) is 42.0 Å². The normalized spacial score (nSPS) is 33.3. The predicted octanol–water partition coefficient (Wildman–Crippen LogP) is 2.13. The number of nitrogens with zero attached hydrogens (tertiary/aromatic N) is 3. The molecule has 1 aromatic carbocycles. The molecular formula is C21H24N4O2. The van der Waals surface area contributed by atoms with Crippen molar-refractivity contribution in [3.8, 4) is 0 Å². The van der Waals surface area contributed by atoms with Crippen molar-refractivity contribution < 1.29 is 10.2 Å². The summed E-state index contributed by atoms with van der Waals surface area (Å²) >= 11 is 0. The van der Waals surface area contributed by atoms with Crippen LogP contribution in [0.5, 0.6) is 0 Å². The van der Waals surface area contributed by atoms with Crippen molar-refractivity contribution >= 4 is 11.0 Å². The van der Waals surface area contributed by atoms with Gasteiger partial charge in [-0.3, -0.25) is 0 Å². The highest BCUT2D eigenvalue weighted by Gasteiger charge is 2.56. The van der Waals surface area contributed by atoms with Gasteiger partial charge in [-0.2, -0.15) is 0 Å². The molecule has 27 heavy (non-hydrogen) atoms. The van der Waals surface area contributed by atoms with Gasteiger partial charge in [0.25, 0.3) is 0 Å². The minimum absolute atomic E-state index is 0.192. The third-order valence-corrected chi connectivity index (χ3v) is 6.54. The molecule has 1 saturated carbocycles. The topological polar surface area (TPSA) is 83.2 Å². The third kappa shape index (κ3) is 2.51. The molecule has 5 atom stereocenters. The second kappa shape index (κ2) is 6.12. The van der Waals surface area contributed by atoms with Crippen molar-refractivity contribution in [2.75, 3.05) is 6.54 Å². The Morgan fingerprint density at radius 1 is 1.11 bits per heavy atom. The Morgan fingerprint density at radius 3 is 2.74 bits per heavy atom. The van der Waals surface area contributed by atoms with Crippen LogP contribution in [0.1, 0.15) is 36.2 Å². The highest BCUT2D eigenvalue weighted by atomic mass is 16.3. The first kappa shape index (κ1) is 16.9. The van der Waals surface area contributed by atoms with Crippen molar-refractivity contribution in [2.45, 2.75) is 44.1 Å². The lowest BCUT2D eigenvalue weighted by Crippen LogP contribution is -2.38. The van der Waals surface area contributed by atoms with E-state index in [1.54, 1.807) is 6.33 Å². The van der Waals surface area contributed by atoms with E-state index < -0.39 is 12.2 Å². The van der Waals surface area contributed by atoms with Crippen LogP contribution >= 0.6 is 0 Å². The van der Waals surface area contributed by atoms with Crippen LogP contribution in [0.4, 0.5) is 0 Å². The lowest BCUT2D eigenvalue weighted by molar-refractivity contribution is -0.0218. The Hall–Kier alpha value is -2.28. The SMILES string of the molecule is Cc1ncnc2c1ccn2[C@@H]1C[C@@]2(CN[C@H](c3ccccc3)C2)[C@@H](O)[C@H]1O. The van der Waals surface area contributed by atoms with Crippen LogP contribution < -0.4 is 5.32 Å². The number of hydrogen-bond acceptors (Lipinski definition) is 5. The van der Waals surface area contributed by atoms with Gasteiger partial charge in [-0.05, 0) is 31.4 Å². The highest BCUT2D eigenvalue weighted by Crippen LogP contribution is 2.52. The summed E-state index contributed by atoms with van der Waals surface area (Å²) in [4.78, 5) is 8.68. The zero-order valence-electron chi connectivity index (χ0n) is 15.3. The molecule has 3 N–H and O–H groups in total. The smallest absolute Gasteiger partial charge is 0.143 e. The van der Waals surface area contributed by atoms with Crippen LogP contribution in [0, 0.1) is 12.3 Å². The largest absolute Gasteiger partial charge is 0.390 e. The number of nitrogens with one attached hydrogen (secondary N) is 1. The minimum Gasteiger partial charge on any atom is -0.390 e. The Morgan fingerprint density at radius 2 is 1.93 bits per heavy atom. The van der Waals surface area contributed by atoms with Gasteiger partial charge in [-0.1, -0.05) is 30.3 Å². The summed E-state index contributed by atoms with van der Waals surface area (Å²) in [6, 6.07) is 12.3. The molecule has 6 heteroatoms. The average molecular weight is 364 g/mol. The van der Waals surface area contributed by atoms with Crippen LogP contribution in [-0.2, 0) is 0 Å². The van der Waals surface area contributed by atoms with E-state index in [1.165, 1.54) is 5.56 Å². The molecular weight excluding hydrogens is 340 g/mol. The molecule has 0 bridgehead atoms. The van der Waals surface area contributed by atoms with Gasteiger partial charge in [0.1, 0.15) is 18.1 Å². The van der Waals surface area contributed by atoms with Crippen LogP contribution in [0.15, 0.2) is 48.9 Å². The summed E-state index contributed by atoms with van der Waals surface area (Å²) in [6.07, 6.45) is 3.49. The first-order valence-corrected chi connectivity index (χ1v) is 9.52. The maximum Gasteiger partial charge on any atom is 0.143 e. The maximum absolute atomic E-state index is 11.0. The molecule has 5 rings (SSSR count). The molecule has 1 saturated heterocycles. The van der Waals surface area contributed by atoms with Gasteiger partial charge in [0.2, 0.25) is 0 Å². The van der Waals surface area contributed by atoms with Gasteiger partial charge in [-0.25, -0.2) is 9.97 Å². The zero-order chi connectivity index (χ0) is 18.6. The first-order chi connectivity index (χ1) is 13.1. The predicted molar refractivity (Wildman–Crippen MR) is 102 cm³/mol. The van der Waals surface area contributed by atoms with Crippen molar-refractivity contribution in [3.05, 3.63) is 60.2 Å². The molecule has 0 radical (unpaired) electrons. The summed E-state index contributed by atoms with van der Waals surface area (Å²) in [6.45, 7) is 2.66. The number of aliphatic hydroxyl groups excluding tert-OH is 2. The fourth-order valence-electron chi connectivity index (χ4n) is 5.04. The van der Waals surface area contributed by atoms with Crippen LogP contribution in [-0.4, -0.2) is 43.5 Å². The number of aromatic nitrogens is 3. The van der Waals surface area contributed by atoms with E-state index in [0.717, 1.165) is 29.6 Å². The van der Waals surface area contributed by atoms with Crippen LogP contribution in [0.3, 0.4) is 0 Å². The zero-order valence-corrected chi connectivity index (χ0v) is 15.3. The molecule has 140 valence electrons. The highest BCUT2D eigenvalue weighted by molar-refractivity contribution is 5.78. The van der Waals surface area contributed by atoms with E-state index in [9.17, 15) is 10.2 Å². The van der Waals surface area contributed by atoms with Gasteiger partial charge in [0, 0.05) is 29.6 Å². The molecule has 2 aliphatic rings. The fourth-order valence-corrected chi connectivity index (χ4v) is 5.04. The van der Waals surface area contributed by atoms with Gasteiger partial charge < -0.3 is 20.1 Å². The van der Waals surface area contributed by atoms with E-state index in [-0.39, 0.29) is 17.5 Å². The Kier molecular flexibility index (Phi) is 3.82. The maximum atomic E-state index is 11.0. The van der Waals surface area contributed by atoms with Gasteiger partial charge >= 0.3 is 0 Å². The third-order valence-electron chi connectivity index (χ3n) is 6.54. The molecule has 1 spiro atoms. The molecule has 3 heterocycles. The van der Waals surface area contributed by atoms with Gasteiger partial charge in [0.15, 0.2) is 0 Å². The Balaban J connectivity index is 1.47. The molecule has 2 aromatic heterocycles. The van der Waals surface area contributed by atoms with E-state index >= 15 is 0 Å². The molecule has 3 aromatic rings. The quantitative estimate of drug-likeness (QED) is 0.649. The monoisotopic (exact) mass is 364 g/mol. The molecule has 1 aliphatic carbocycles. The van der Waals surface area contributed by atoms with Gasteiger partial charge in [0.05, 0.1) is 17.8 Å². The second-order valence-corrected chi connectivity index (χ2v) is 8.04. The first-order valence-electron chi connectivity index (χ1n) is 9.52. The van der Waals surface area contributed by atoms with Gasteiger partial charge in [-0.15, -0.1) is 0 Å². The molecule has 2 fully saturated rings.